The number of carbonyl (C=O) groups excluding carboxylic acids is 1. The van der Waals surface area contributed by atoms with E-state index in [4.69, 9.17) is 5.11 Å². The maximum absolute atomic E-state index is 12.8. The number of aliphatic hydroxyl groups excluding tert-OH is 1. The number of rotatable bonds is 6. The number of nitrogens with zero attached hydrogens (tertiary/aromatic N) is 4. The predicted octanol–water partition coefficient (Wildman–Crippen LogP) is 2.15. The van der Waals surface area contributed by atoms with Crippen LogP contribution in [0.5, 0.6) is 0 Å². The Labute approximate surface area is 156 Å². The smallest absolute Gasteiger partial charge is 0.268 e. The molecule has 0 fully saturated rings. The predicted molar refractivity (Wildman–Crippen MR) is 103 cm³/mol. The zero-order valence-corrected chi connectivity index (χ0v) is 15.1. The van der Waals surface area contributed by atoms with Gasteiger partial charge in [-0.05, 0) is 37.1 Å². The molecule has 27 heavy (non-hydrogen) atoms. The Balaban J connectivity index is 1.85. The lowest BCUT2D eigenvalue weighted by atomic mass is 10.2. The van der Waals surface area contributed by atoms with E-state index in [0.29, 0.717) is 25.2 Å². The van der Waals surface area contributed by atoms with Crippen molar-refractivity contribution in [1.82, 2.24) is 24.5 Å². The summed E-state index contributed by atoms with van der Waals surface area (Å²) in [7, 11) is 0. The van der Waals surface area contributed by atoms with Crippen LogP contribution >= 0.6 is 0 Å². The molecular formula is C20H21N5O2. The molecule has 2 N–H and O–H groups in total. The van der Waals surface area contributed by atoms with Crippen LogP contribution in [0.1, 0.15) is 28.3 Å². The molecule has 0 spiro atoms. The Morgan fingerprint density at radius 3 is 2.70 bits per heavy atom. The van der Waals surface area contributed by atoms with Crippen molar-refractivity contribution in [1.29, 1.82) is 0 Å². The molecule has 0 aliphatic carbocycles. The number of hydrogen-bond donors (Lipinski definition) is 2. The molecule has 1 aromatic carbocycles. The van der Waals surface area contributed by atoms with Gasteiger partial charge < -0.3 is 15.0 Å². The van der Waals surface area contributed by atoms with Crippen molar-refractivity contribution in [3.8, 4) is 0 Å². The largest absolute Gasteiger partial charge is 0.396 e. The third kappa shape index (κ3) is 3.17. The molecule has 3 aromatic heterocycles. The second kappa shape index (κ2) is 7.20. The van der Waals surface area contributed by atoms with Gasteiger partial charge in [0.25, 0.3) is 5.91 Å². The summed E-state index contributed by atoms with van der Waals surface area (Å²) in [5.74, 6) is 0.620. The van der Waals surface area contributed by atoms with Crippen LogP contribution in [0.25, 0.3) is 16.7 Å². The second-order valence-electron chi connectivity index (χ2n) is 6.48. The number of pyridine rings is 1. The number of aryl methyl sites for hydroxylation is 1. The molecule has 4 rings (SSSR count). The maximum atomic E-state index is 12.8. The molecule has 138 valence electrons. The molecule has 0 radical (unpaired) electrons. The quantitative estimate of drug-likeness (QED) is 0.514. The number of nitrogens with one attached hydrogen (secondary N) is 1. The van der Waals surface area contributed by atoms with Gasteiger partial charge >= 0.3 is 0 Å². The van der Waals surface area contributed by atoms with Crippen LogP contribution in [0.2, 0.25) is 0 Å². The zero-order chi connectivity index (χ0) is 18.8. The van der Waals surface area contributed by atoms with E-state index in [2.05, 4.69) is 15.5 Å². The molecule has 7 heteroatoms. The zero-order valence-electron chi connectivity index (χ0n) is 15.1. The molecule has 0 saturated heterocycles. The van der Waals surface area contributed by atoms with Gasteiger partial charge in [0.1, 0.15) is 11.5 Å². The lowest BCUT2D eigenvalue weighted by molar-refractivity contribution is 0.0943. The van der Waals surface area contributed by atoms with Gasteiger partial charge in [-0.25, -0.2) is 0 Å². The van der Waals surface area contributed by atoms with Crippen molar-refractivity contribution in [3.05, 3.63) is 65.6 Å². The Bertz CT molecular complexity index is 1100. The van der Waals surface area contributed by atoms with Gasteiger partial charge in [0.05, 0.1) is 11.0 Å². The number of amides is 1. The Morgan fingerprint density at radius 2 is 1.93 bits per heavy atom. The average Bonchev–Trinajstić information content (AvgIpc) is 3.24. The molecule has 1 amide bonds. The maximum Gasteiger partial charge on any atom is 0.268 e. The van der Waals surface area contributed by atoms with E-state index in [9.17, 15) is 4.79 Å². The van der Waals surface area contributed by atoms with E-state index < -0.39 is 0 Å². The van der Waals surface area contributed by atoms with Gasteiger partial charge in [-0.3, -0.25) is 9.20 Å². The fraction of sp³-hybridized carbons (Fsp3) is 0.250. The van der Waals surface area contributed by atoms with E-state index in [1.807, 2.05) is 64.4 Å². The summed E-state index contributed by atoms with van der Waals surface area (Å²) in [4.78, 5) is 12.8. The Morgan fingerprint density at radius 1 is 1.11 bits per heavy atom. The van der Waals surface area contributed by atoms with E-state index in [0.717, 1.165) is 28.1 Å². The molecule has 0 saturated carbocycles. The first kappa shape index (κ1) is 17.2. The molecule has 0 aliphatic heterocycles. The fourth-order valence-electron chi connectivity index (χ4n) is 3.34. The van der Waals surface area contributed by atoms with E-state index in [1.165, 1.54) is 0 Å². The number of carbonyl (C=O) groups is 1. The second-order valence-corrected chi connectivity index (χ2v) is 6.48. The third-order valence-corrected chi connectivity index (χ3v) is 4.64. The highest BCUT2D eigenvalue weighted by Gasteiger charge is 2.18. The van der Waals surface area contributed by atoms with Crippen LogP contribution in [0.3, 0.4) is 0 Å². The summed E-state index contributed by atoms with van der Waals surface area (Å²) in [6.45, 7) is 2.96. The molecule has 3 heterocycles. The highest BCUT2D eigenvalue weighted by molar-refractivity contribution is 5.98. The third-order valence-electron chi connectivity index (χ3n) is 4.64. The highest BCUT2D eigenvalue weighted by Crippen LogP contribution is 2.23. The van der Waals surface area contributed by atoms with Gasteiger partial charge in [0.15, 0.2) is 5.65 Å². The number of benzene rings is 1. The van der Waals surface area contributed by atoms with Crippen molar-refractivity contribution in [2.45, 2.75) is 19.9 Å². The normalized spacial score (nSPS) is 11.3. The highest BCUT2D eigenvalue weighted by atomic mass is 16.3. The van der Waals surface area contributed by atoms with Gasteiger partial charge in [-0.15, -0.1) is 10.2 Å². The lowest BCUT2D eigenvalue weighted by Crippen LogP contribution is -2.27. The van der Waals surface area contributed by atoms with Crippen molar-refractivity contribution < 1.29 is 9.90 Å². The van der Waals surface area contributed by atoms with Crippen LogP contribution in [0.4, 0.5) is 0 Å². The summed E-state index contributed by atoms with van der Waals surface area (Å²) in [6, 6.07) is 15.8. The summed E-state index contributed by atoms with van der Waals surface area (Å²) < 4.78 is 3.97. The van der Waals surface area contributed by atoms with E-state index >= 15 is 0 Å². The Kier molecular flexibility index (Phi) is 4.60. The molecule has 7 nitrogen and oxygen atoms in total. The molecule has 4 aromatic rings. The minimum Gasteiger partial charge on any atom is -0.396 e. The van der Waals surface area contributed by atoms with Crippen LogP contribution < -0.4 is 5.32 Å². The van der Waals surface area contributed by atoms with Crippen molar-refractivity contribution in [3.63, 3.8) is 0 Å². The average molecular weight is 363 g/mol. The minimum atomic E-state index is -0.158. The van der Waals surface area contributed by atoms with Crippen molar-refractivity contribution >= 4 is 22.6 Å². The van der Waals surface area contributed by atoms with Gasteiger partial charge in [0.2, 0.25) is 0 Å². The monoisotopic (exact) mass is 363 g/mol. The van der Waals surface area contributed by atoms with E-state index in [1.54, 1.807) is 0 Å². The molecule has 0 bridgehead atoms. The first-order chi connectivity index (χ1) is 13.2. The van der Waals surface area contributed by atoms with Crippen LogP contribution in [0.15, 0.2) is 48.5 Å². The standard InChI is InChI=1S/C20H21N5O2/c1-14-22-23-19-9-8-16-17(25(14)19)12-18(20(27)21-10-5-11-26)24(16)13-15-6-3-2-4-7-15/h2-4,6-9,12,26H,5,10-11,13H2,1H3,(H,21,27). The van der Waals surface area contributed by atoms with Crippen LogP contribution in [0, 0.1) is 6.92 Å². The van der Waals surface area contributed by atoms with Gasteiger partial charge in [-0.2, -0.15) is 0 Å². The number of fused-ring (bicyclic) bond motifs is 3. The number of hydrogen-bond acceptors (Lipinski definition) is 4. The summed E-state index contributed by atoms with van der Waals surface area (Å²) in [6.07, 6.45) is 0.527. The lowest BCUT2D eigenvalue weighted by Gasteiger charge is -2.11. The molecule has 0 aliphatic rings. The molecule has 0 atom stereocenters. The van der Waals surface area contributed by atoms with E-state index in [-0.39, 0.29) is 12.5 Å². The summed E-state index contributed by atoms with van der Waals surface area (Å²) >= 11 is 0. The SMILES string of the molecule is Cc1nnc2ccc3c(cc(C(=O)NCCCO)n3Cc3ccccc3)n12. The first-order valence-electron chi connectivity index (χ1n) is 8.96. The number of aromatic nitrogens is 4. The number of aliphatic hydroxyl groups is 1. The van der Waals surface area contributed by atoms with Gasteiger partial charge in [-0.1, -0.05) is 30.3 Å². The van der Waals surface area contributed by atoms with Gasteiger partial charge in [0, 0.05) is 19.7 Å². The van der Waals surface area contributed by atoms with Crippen LogP contribution in [-0.4, -0.2) is 43.3 Å². The van der Waals surface area contributed by atoms with Crippen LogP contribution in [-0.2, 0) is 6.54 Å². The van der Waals surface area contributed by atoms with Crippen molar-refractivity contribution in [2.75, 3.05) is 13.2 Å². The molecular weight excluding hydrogens is 342 g/mol. The topological polar surface area (TPSA) is 84.4 Å². The minimum absolute atomic E-state index is 0.0494. The first-order valence-corrected chi connectivity index (χ1v) is 8.96. The Hall–Kier alpha value is -3.19. The summed E-state index contributed by atoms with van der Waals surface area (Å²) in [5, 5.41) is 20.2. The molecule has 0 unspecified atom stereocenters. The fourth-order valence-corrected chi connectivity index (χ4v) is 3.34. The summed E-state index contributed by atoms with van der Waals surface area (Å²) in [5.41, 5.74) is 4.29. The van der Waals surface area contributed by atoms with Crippen molar-refractivity contribution in [2.24, 2.45) is 0 Å².